The summed E-state index contributed by atoms with van der Waals surface area (Å²) >= 11 is 3.11. The Morgan fingerprint density at radius 3 is 1.70 bits per heavy atom. The number of hydrogen-bond donors (Lipinski definition) is 2. The lowest BCUT2D eigenvalue weighted by atomic mass is 10.3. The molecule has 2 unspecified atom stereocenters. The lowest BCUT2D eigenvalue weighted by Gasteiger charge is -2.15. The molecule has 2 aromatic rings. The van der Waals surface area contributed by atoms with Crippen LogP contribution in [-0.4, -0.2) is 16.0 Å². The number of carbonyl (C=O) groups is 1. The summed E-state index contributed by atoms with van der Waals surface area (Å²) in [5.74, 6) is 0. The zero-order valence-electron chi connectivity index (χ0n) is 11.9. The van der Waals surface area contributed by atoms with Crippen LogP contribution < -0.4 is 10.6 Å². The summed E-state index contributed by atoms with van der Waals surface area (Å²) in [5.41, 5.74) is 1.95. The number of nitrogens with one attached hydrogen (secondary N) is 2. The SMILES string of the molecule is Cc1csc(C(C)NC(=O)NC(C)c2nc(C)cs2)n1. The number of urea groups is 1. The molecule has 0 aromatic carbocycles. The summed E-state index contributed by atoms with van der Waals surface area (Å²) < 4.78 is 0. The van der Waals surface area contributed by atoms with E-state index < -0.39 is 0 Å². The highest BCUT2D eigenvalue weighted by atomic mass is 32.1. The van der Waals surface area contributed by atoms with Crippen molar-refractivity contribution in [3.8, 4) is 0 Å². The number of hydrogen-bond acceptors (Lipinski definition) is 5. The van der Waals surface area contributed by atoms with E-state index in [4.69, 9.17) is 0 Å². The molecule has 2 heterocycles. The molecule has 2 amide bonds. The highest BCUT2D eigenvalue weighted by Gasteiger charge is 2.16. The second-order valence-electron chi connectivity index (χ2n) is 4.72. The molecule has 2 N–H and O–H groups in total. The molecule has 7 heteroatoms. The molecule has 0 saturated carbocycles. The minimum atomic E-state index is -0.203. The van der Waals surface area contributed by atoms with Gasteiger partial charge in [0.15, 0.2) is 0 Å². The van der Waals surface area contributed by atoms with Crippen LogP contribution in [0.4, 0.5) is 4.79 Å². The monoisotopic (exact) mass is 310 g/mol. The van der Waals surface area contributed by atoms with Crippen LogP contribution in [0.25, 0.3) is 0 Å². The summed E-state index contributed by atoms with van der Waals surface area (Å²) in [7, 11) is 0. The van der Waals surface area contributed by atoms with E-state index in [1.807, 2.05) is 38.5 Å². The number of aromatic nitrogens is 2. The average molecular weight is 310 g/mol. The Hall–Kier alpha value is -1.47. The molecule has 0 aliphatic carbocycles. The zero-order chi connectivity index (χ0) is 14.7. The van der Waals surface area contributed by atoms with Gasteiger partial charge in [0.05, 0.1) is 12.1 Å². The van der Waals surface area contributed by atoms with Crippen molar-refractivity contribution in [1.29, 1.82) is 0 Å². The third kappa shape index (κ3) is 3.77. The first-order valence-electron chi connectivity index (χ1n) is 6.36. The van der Waals surface area contributed by atoms with E-state index in [1.165, 1.54) is 0 Å². The van der Waals surface area contributed by atoms with Gasteiger partial charge in [0, 0.05) is 22.1 Å². The van der Waals surface area contributed by atoms with Crippen molar-refractivity contribution in [2.75, 3.05) is 0 Å². The van der Waals surface area contributed by atoms with Crippen LogP contribution in [0, 0.1) is 13.8 Å². The lowest BCUT2D eigenvalue weighted by molar-refractivity contribution is 0.235. The molecule has 0 aliphatic heterocycles. The molecule has 108 valence electrons. The standard InChI is InChI=1S/C13H18N4OS2/c1-7-5-19-11(14-7)9(3)16-13(18)17-10(4)12-15-8(2)6-20-12/h5-6,9-10H,1-4H3,(H2,16,17,18). The number of aryl methyl sites for hydroxylation is 2. The van der Waals surface area contributed by atoms with Crippen LogP contribution in [0.5, 0.6) is 0 Å². The molecule has 2 aromatic heterocycles. The zero-order valence-corrected chi connectivity index (χ0v) is 13.6. The molecule has 0 fully saturated rings. The first-order valence-corrected chi connectivity index (χ1v) is 8.12. The molecule has 0 bridgehead atoms. The van der Waals surface area contributed by atoms with Gasteiger partial charge in [-0.15, -0.1) is 22.7 Å². The van der Waals surface area contributed by atoms with Crippen LogP contribution in [0.15, 0.2) is 10.8 Å². The van der Waals surface area contributed by atoms with E-state index in [0.717, 1.165) is 21.4 Å². The van der Waals surface area contributed by atoms with Crippen LogP contribution in [0.1, 0.15) is 47.3 Å². The van der Waals surface area contributed by atoms with Crippen molar-refractivity contribution in [2.45, 2.75) is 39.8 Å². The van der Waals surface area contributed by atoms with E-state index >= 15 is 0 Å². The van der Waals surface area contributed by atoms with Gasteiger partial charge in [-0.2, -0.15) is 0 Å². The van der Waals surface area contributed by atoms with Gasteiger partial charge in [0.2, 0.25) is 0 Å². The highest BCUT2D eigenvalue weighted by Crippen LogP contribution is 2.19. The first kappa shape index (κ1) is 14.9. The maximum Gasteiger partial charge on any atom is 0.315 e. The average Bonchev–Trinajstić information content (AvgIpc) is 2.97. The third-order valence-electron chi connectivity index (χ3n) is 2.71. The van der Waals surface area contributed by atoms with Crippen LogP contribution in [0.2, 0.25) is 0 Å². The maximum atomic E-state index is 12.0. The Kier molecular flexibility index (Phi) is 4.72. The quantitative estimate of drug-likeness (QED) is 0.910. The predicted molar refractivity (Wildman–Crippen MR) is 82.2 cm³/mol. The van der Waals surface area contributed by atoms with E-state index in [2.05, 4.69) is 20.6 Å². The van der Waals surface area contributed by atoms with Gasteiger partial charge in [0.25, 0.3) is 0 Å². The van der Waals surface area contributed by atoms with Crippen LogP contribution in [0.3, 0.4) is 0 Å². The topological polar surface area (TPSA) is 66.9 Å². The summed E-state index contributed by atoms with van der Waals surface area (Å²) in [6.07, 6.45) is 0. The summed E-state index contributed by atoms with van der Waals surface area (Å²) in [6, 6.07) is -0.399. The van der Waals surface area contributed by atoms with Crippen molar-refractivity contribution in [3.63, 3.8) is 0 Å². The molecule has 5 nitrogen and oxygen atoms in total. The Bertz CT molecular complexity index is 542. The van der Waals surface area contributed by atoms with Gasteiger partial charge < -0.3 is 10.6 Å². The van der Waals surface area contributed by atoms with Crippen LogP contribution in [-0.2, 0) is 0 Å². The molecule has 20 heavy (non-hydrogen) atoms. The molecular formula is C13H18N4OS2. The van der Waals surface area contributed by atoms with Crippen molar-refractivity contribution >= 4 is 28.7 Å². The number of thiazole rings is 2. The van der Waals surface area contributed by atoms with Gasteiger partial charge in [-0.25, -0.2) is 14.8 Å². The molecule has 2 rings (SSSR count). The van der Waals surface area contributed by atoms with Gasteiger partial charge in [-0.3, -0.25) is 0 Å². The van der Waals surface area contributed by atoms with Crippen molar-refractivity contribution in [2.24, 2.45) is 0 Å². The number of rotatable bonds is 4. The first-order chi connectivity index (χ1) is 9.45. The summed E-state index contributed by atoms with van der Waals surface area (Å²) in [4.78, 5) is 20.7. The molecule has 0 saturated heterocycles. The lowest BCUT2D eigenvalue weighted by Crippen LogP contribution is -2.38. The smallest absolute Gasteiger partial charge is 0.315 e. The number of amides is 2. The molecule has 2 atom stereocenters. The molecule has 0 spiro atoms. The number of nitrogens with zero attached hydrogens (tertiary/aromatic N) is 2. The fourth-order valence-electron chi connectivity index (χ4n) is 1.70. The minimum absolute atomic E-state index is 0.0982. The fraction of sp³-hybridized carbons (Fsp3) is 0.462. The summed E-state index contributed by atoms with van der Waals surface area (Å²) in [6.45, 7) is 7.74. The second kappa shape index (κ2) is 6.32. The van der Waals surface area contributed by atoms with Crippen molar-refractivity contribution in [3.05, 3.63) is 32.2 Å². The van der Waals surface area contributed by atoms with Crippen molar-refractivity contribution < 1.29 is 4.79 Å². The highest BCUT2D eigenvalue weighted by molar-refractivity contribution is 7.10. The van der Waals surface area contributed by atoms with E-state index in [-0.39, 0.29) is 18.1 Å². The fourth-order valence-corrected chi connectivity index (χ4v) is 3.31. The third-order valence-corrected chi connectivity index (χ3v) is 5.00. The van der Waals surface area contributed by atoms with Gasteiger partial charge in [-0.05, 0) is 27.7 Å². The largest absolute Gasteiger partial charge is 0.329 e. The number of carbonyl (C=O) groups excluding carboxylic acids is 1. The van der Waals surface area contributed by atoms with E-state index in [0.29, 0.717) is 0 Å². The second-order valence-corrected chi connectivity index (χ2v) is 6.49. The maximum absolute atomic E-state index is 12.0. The summed E-state index contributed by atoms with van der Waals surface area (Å²) in [5, 5.41) is 11.6. The Morgan fingerprint density at radius 2 is 1.40 bits per heavy atom. The molecule has 0 radical (unpaired) electrons. The van der Waals surface area contributed by atoms with Gasteiger partial charge in [-0.1, -0.05) is 0 Å². The van der Waals surface area contributed by atoms with Crippen LogP contribution >= 0.6 is 22.7 Å². The molecular weight excluding hydrogens is 292 g/mol. The Morgan fingerprint density at radius 1 is 1.00 bits per heavy atom. The normalized spacial score (nSPS) is 13.8. The van der Waals surface area contributed by atoms with Gasteiger partial charge >= 0.3 is 6.03 Å². The predicted octanol–water partition coefficient (Wildman–Crippen LogP) is 3.34. The van der Waals surface area contributed by atoms with Gasteiger partial charge in [0.1, 0.15) is 10.0 Å². The van der Waals surface area contributed by atoms with E-state index in [9.17, 15) is 4.79 Å². The van der Waals surface area contributed by atoms with E-state index in [1.54, 1.807) is 22.7 Å². The molecule has 0 aliphatic rings. The minimum Gasteiger partial charge on any atom is -0.329 e. The Balaban J connectivity index is 1.89. The Labute approximate surface area is 126 Å². The van der Waals surface area contributed by atoms with Crippen molar-refractivity contribution in [1.82, 2.24) is 20.6 Å².